The third-order valence-corrected chi connectivity index (χ3v) is 3.98. The predicted molar refractivity (Wildman–Crippen MR) is 84.2 cm³/mol. The maximum Gasteiger partial charge on any atom is 0.273 e. The maximum atomic E-state index is 11.0. The lowest BCUT2D eigenvalue weighted by atomic mass is 10.0. The first-order valence-electron chi connectivity index (χ1n) is 7.74. The van der Waals surface area contributed by atoms with E-state index in [4.69, 9.17) is 0 Å². The van der Waals surface area contributed by atoms with Gasteiger partial charge in [0.05, 0.1) is 4.92 Å². The summed E-state index contributed by atoms with van der Waals surface area (Å²) in [4.78, 5) is 13.2. The number of para-hydroxylation sites is 1. The molecule has 1 aromatic carbocycles. The van der Waals surface area contributed by atoms with Crippen LogP contribution in [-0.2, 0) is 6.54 Å². The molecule has 116 valence electrons. The number of nitrogens with zero attached hydrogens (tertiary/aromatic N) is 2. The SMILES string of the molecule is CC(C)CN1CCC(NCc2ccccc2[N+](=O)[O-])CC1. The third kappa shape index (κ3) is 4.79. The summed E-state index contributed by atoms with van der Waals surface area (Å²) in [7, 11) is 0. The minimum absolute atomic E-state index is 0.210. The number of nitrogens with one attached hydrogen (secondary N) is 1. The molecule has 1 aliphatic rings. The smallest absolute Gasteiger partial charge is 0.273 e. The van der Waals surface area contributed by atoms with Gasteiger partial charge >= 0.3 is 0 Å². The average molecular weight is 291 g/mol. The molecule has 0 atom stereocenters. The normalized spacial score (nSPS) is 17.3. The molecule has 0 spiro atoms. The summed E-state index contributed by atoms with van der Waals surface area (Å²) in [6.45, 7) is 8.47. The van der Waals surface area contributed by atoms with Crippen molar-refractivity contribution >= 4 is 5.69 Å². The molecule has 1 aliphatic heterocycles. The van der Waals surface area contributed by atoms with Gasteiger partial charge < -0.3 is 10.2 Å². The minimum Gasteiger partial charge on any atom is -0.310 e. The fraction of sp³-hybridized carbons (Fsp3) is 0.625. The van der Waals surface area contributed by atoms with Crippen LogP contribution in [0.1, 0.15) is 32.3 Å². The first-order valence-corrected chi connectivity index (χ1v) is 7.74. The van der Waals surface area contributed by atoms with Gasteiger partial charge in [-0.1, -0.05) is 32.0 Å². The van der Waals surface area contributed by atoms with E-state index in [1.54, 1.807) is 12.1 Å². The van der Waals surface area contributed by atoms with E-state index in [0.29, 0.717) is 18.5 Å². The van der Waals surface area contributed by atoms with Crippen LogP contribution in [0, 0.1) is 16.0 Å². The molecule has 0 saturated carbocycles. The quantitative estimate of drug-likeness (QED) is 0.647. The van der Waals surface area contributed by atoms with E-state index in [-0.39, 0.29) is 10.6 Å². The molecule has 1 aromatic rings. The van der Waals surface area contributed by atoms with Gasteiger partial charge in [0.15, 0.2) is 0 Å². The molecular formula is C16H25N3O2. The number of piperidine rings is 1. The van der Waals surface area contributed by atoms with Crippen molar-refractivity contribution in [1.29, 1.82) is 0 Å². The number of nitro groups is 1. The van der Waals surface area contributed by atoms with Crippen molar-refractivity contribution in [3.05, 3.63) is 39.9 Å². The zero-order valence-corrected chi connectivity index (χ0v) is 12.9. The number of nitro benzene ring substituents is 1. The van der Waals surface area contributed by atoms with Crippen LogP contribution < -0.4 is 5.32 Å². The Hall–Kier alpha value is -1.46. The van der Waals surface area contributed by atoms with E-state index in [1.165, 1.54) is 0 Å². The van der Waals surface area contributed by atoms with Crippen molar-refractivity contribution in [3.8, 4) is 0 Å². The van der Waals surface area contributed by atoms with E-state index >= 15 is 0 Å². The zero-order valence-electron chi connectivity index (χ0n) is 12.9. The standard InChI is InChI=1S/C16H25N3O2/c1-13(2)12-18-9-7-15(8-10-18)17-11-14-5-3-4-6-16(14)19(20)21/h3-6,13,15,17H,7-12H2,1-2H3. The first kappa shape index (κ1) is 15.9. The Kier molecular flexibility index (Phi) is 5.70. The summed E-state index contributed by atoms with van der Waals surface area (Å²) in [5.41, 5.74) is 0.981. The van der Waals surface area contributed by atoms with Gasteiger partial charge in [-0.3, -0.25) is 10.1 Å². The Morgan fingerprint density at radius 3 is 2.62 bits per heavy atom. The van der Waals surface area contributed by atoms with Crippen molar-refractivity contribution in [2.75, 3.05) is 19.6 Å². The van der Waals surface area contributed by atoms with Crippen LogP contribution in [0.4, 0.5) is 5.69 Å². The van der Waals surface area contributed by atoms with E-state index in [0.717, 1.165) is 38.0 Å². The van der Waals surface area contributed by atoms with Gasteiger partial charge in [0.1, 0.15) is 0 Å². The average Bonchev–Trinajstić information content (AvgIpc) is 2.46. The molecule has 0 bridgehead atoms. The Morgan fingerprint density at radius 1 is 1.33 bits per heavy atom. The summed E-state index contributed by atoms with van der Waals surface area (Å²) < 4.78 is 0. The monoisotopic (exact) mass is 291 g/mol. The molecule has 1 N–H and O–H groups in total. The second-order valence-corrected chi connectivity index (χ2v) is 6.24. The summed E-state index contributed by atoms with van der Waals surface area (Å²) in [6.07, 6.45) is 2.24. The maximum absolute atomic E-state index is 11.0. The van der Waals surface area contributed by atoms with Gasteiger partial charge in [-0.25, -0.2) is 0 Å². The first-order chi connectivity index (χ1) is 10.1. The summed E-state index contributed by atoms with van der Waals surface area (Å²) >= 11 is 0. The fourth-order valence-corrected chi connectivity index (χ4v) is 2.93. The van der Waals surface area contributed by atoms with Gasteiger partial charge in [-0.15, -0.1) is 0 Å². The van der Waals surface area contributed by atoms with Gasteiger partial charge in [0.25, 0.3) is 5.69 Å². The molecule has 0 radical (unpaired) electrons. The van der Waals surface area contributed by atoms with Gasteiger partial charge in [-0.2, -0.15) is 0 Å². The number of likely N-dealkylation sites (tertiary alicyclic amines) is 1. The zero-order chi connectivity index (χ0) is 15.2. The predicted octanol–water partition coefficient (Wildman–Crippen LogP) is 2.80. The number of rotatable bonds is 6. The lowest BCUT2D eigenvalue weighted by Crippen LogP contribution is -2.43. The molecule has 0 unspecified atom stereocenters. The Labute approximate surface area is 126 Å². The highest BCUT2D eigenvalue weighted by Crippen LogP contribution is 2.18. The van der Waals surface area contributed by atoms with Crippen LogP contribution >= 0.6 is 0 Å². The lowest BCUT2D eigenvalue weighted by Gasteiger charge is -2.33. The Bertz CT molecular complexity index is 468. The molecule has 0 aromatic heterocycles. The minimum atomic E-state index is -0.303. The van der Waals surface area contributed by atoms with Crippen LogP contribution in [0.5, 0.6) is 0 Å². The molecule has 0 aliphatic carbocycles. The van der Waals surface area contributed by atoms with Gasteiger partial charge in [0.2, 0.25) is 0 Å². The van der Waals surface area contributed by atoms with Crippen molar-refractivity contribution in [1.82, 2.24) is 10.2 Å². The highest BCUT2D eigenvalue weighted by molar-refractivity contribution is 5.39. The number of benzene rings is 1. The van der Waals surface area contributed by atoms with E-state index < -0.39 is 0 Å². The topological polar surface area (TPSA) is 58.4 Å². The highest BCUT2D eigenvalue weighted by Gasteiger charge is 2.20. The van der Waals surface area contributed by atoms with Gasteiger partial charge in [-0.05, 0) is 31.8 Å². The lowest BCUT2D eigenvalue weighted by molar-refractivity contribution is -0.385. The van der Waals surface area contributed by atoms with E-state index in [1.807, 2.05) is 12.1 Å². The molecule has 0 amide bonds. The number of hydrogen-bond acceptors (Lipinski definition) is 4. The molecular weight excluding hydrogens is 266 g/mol. The van der Waals surface area contributed by atoms with Gasteiger partial charge in [0, 0.05) is 30.8 Å². The second kappa shape index (κ2) is 7.52. The van der Waals surface area contributed by atoms with Crippen LogP contribution in [0.25, 0.3) is 0 Å². The van der Waals surface area contributed by atoms with Crippen LogP contribution in [0.2, 0.25) is 0 Å². The summed E-state index contributed by atoms with van der Waals surface area (Å²) in [5, 5.41) is 14.5. The second-order valence-electron chi connectivity index (χ2n) is 6.24. The molecule has 5 nitrogen and oxygen atoms in total. The number of hydrogen-bond donors (Lipinski definition) is 1. The van der Waals surface area contributed by atoms with Crippen LogP contribution in [0.15, 0.2) is 24.3 Å². The highest BCUT2D eigenvalue weighted by atomic mass is 16.6. The molecule has 1 fully saturated rings. The molecule has 1 saturated heterocycles. The van der Waals surface area contributed by atoms with Crippen molar-refractivity contribution in [3.63, 3.8) is 0 Å². The Balaban J connectivity index is 1.81. The molecule has 2 rings (SSSR count). The van der Waals surface area contributed by atoms with E-state index in [2.05, 4.69) is 24.1 Å². The summed E-state index contributed by atoms with van der Waals surface area (Å²) in [6, 6.07) is 7.44. The Morgan fingerprint density at radius 2 is 2.00 bits per heavy atom. The molecule has 5 heteroatoms. The summed E-state index contributed by atoms with van der Waals surface area (Å²) in [5.74, 6) is 0.710. The molecule has 1 heterocycles. The largest absolute Gasteiger partial charge is 0.310 e. The third-order valence-electron chi connectivity index (χ3n) is 3.98. The van der Waals surface area contributed by atoms with E-state index in [9.17, 15) is 10.1 Å². The van der Waals surface area contributed by atoms with Crippen LogP contribution in [0.3, 0.4) is 0 Å². The molecule has 21 heavy (non-hydrogen) atoms. The fourth-order valence-electron chi connectivity index (χ4n) is 2.93. The van der Waals surface area contributed by atoms with Crippen molar-refractivity contribution < 1.29 is 4.92 Å². The van der Waals surface area contributed by atoms with Crippen molar-refractivity contribution in [2.24, 2.45) is 5.92 Å². The van der Waals surface area contributed by atoms with Crippen LogP contribution in [-0.4, -0.2) is 35.5 Å². The van der Waals surface area contributed by atoms with Crippen molar-refractivity contribution in [2.45, 2.75) is 39.3 Å².